The molecule has 196 valence electrons. The van der Waals surface area contributed by atoms with Gasteiger partial charge in [0.2, 0.25) is 0 Å². The average Bonchev–Trinajstić information content (AvgIpc) is 3.37. The first-order valence-electron chi connectivity index (χ1n) is 12.9. The van der Waals surface area contributed by atoms with E-state index < -0.39 is 11.7 Å². The standard InChI is InChI=1S/C32H29N3O3S/c1-4-35(5-2)23-15-16-26(28(36)19-23)30(37)24-8-6-7-9-25(24)31(38)33-22-13-11-21(12-14-22)32-34-27-17-10-20(3)18-29(27)39-32/h6-19,36H,4-5H2,1-3H3,(H,33,38). The number of carbonyl (C=O) groups is 2. The zero-order valence-electron chi connectivity index (χ0n) is 22.1. The van der Waals surface area contributed by atoms with Crippen molar-refractivity contribution in [2.75, 3.05) is 23.3 Å². The van der Waals surface area contributed by atoms with Gasteiger partial charge < -0.3 is 15.3 Å². The molecule has 39 heavy (non-hydrogen) atoms. The molecule has 0 spiro atoms. The Bertz CT molecular complexity index is 1670. The largest absolute Gasteiger partial charge is 0.507 e. The van der Waals surface area contributed by atoms with Crippen LogP contribution in [0.2, 0.25) is 0 Å². The summed E-state index contributed by atoms with van der Waals surface area (Å²) in [6.07, 6.45) is 0. The number of fused-ring (bicyclic) bond motifs is 1. The molecule has 5 aromatic rings. The fourth-order valence-electron chi connectivity index (χ4n) is 4.57. The van der Waals surface area contributed by atoms with Crippen LogP contribution in [0.5, 0.6) is 5.75 Å². The number of phenols is 1. The Labute approximate surface area is 231 Å². The van der Waals surface area contributed by atoms with Crippen molar-refractivity contribution in [3.8, 4) is 16.3 Å². The molecule has 0 fully saturated rings. The summed E-state index contributed by atoms with van der Waals surface area (Å²) in [7, 11) is 0. The summed E-state index contributed by atoms with van der Waals surface area (Å²) in [4.78, 5) is 33.4. The predicted molar refractivity (Wildman–Crippen MR) is 159 cm³/mol. The molecule has 5 rings (SSSR count). The number of hydrogen-bond donors (Lipinski definition) is 2. The summed E-state index contributed by atoms with van der Waals surface area (Å²) in [5.41, 5.74) is 5.18. The molecule has 6 nitrogen and oxygen atoms in total. The van der Waals surface area contributed by atoms with Gasteiger partial charge in [0.25, 0.3) is 5.91 Å². The minimum absolute atomic E-state index is 0.111. The van der Waals surface area contributed by atoms with Crippen LogP contribution in [-0.4, -0.2) is 34.9 Å². The highest BCUT2D eigenvalue weighted by Gasteiger charge is 2.21. The molecule has 0 aliphatic heterocycles. The molecule has 4 aromatic carbocycles. The van der Waals surface area contributed by atoms with Crippen molar-refractivity contribution < 1.29 is 14.7 Å². The number of anilines is 2. The van der Waals surface area contributed by atoms with Gasteiger partial charge in [-0.25, -0.2) is 4.98 Å². The number of amides is 1. The van der Waals surface area contributed by atoms with Gasteiger partial charge >= 0.3 is 0 Å². The van der Waals surface area contributed by atoms with Crippen molar-refractivity contribution >= 4 is 44.6 Å². The molecule has 2 N–H and O–H groups in total. The fraction of sp³-hybridized carbons (Fsp3) is 0.156. The molecular weight excluding hydrogens is 506 g/mol. The Balaban J connectivity index is 1.36. The SMILES string of the molecule is CCN(CC)c1ccc(C(=O)c2ccccc2C(=O)Nc2ccc(-c3nc4ccc(C)cc4s3)cc2)c(O)c1. The van der Waals surface area contributed by atoms with E-state index in [1.54, 1.807) is 47.7 Å². The van der Waals surface area contributed by atoms with Gasteiger partial charge in [0.1, 0.15) is 10.8 Å². The lowest BCUT2D eigenvalue weighted by molar-refractivity contribution is 0.0995. The van der Waals surface area contributed by atoms with Crippen LogP contribution in [0.15, 0.2) is 84.9 Å². The first kappa shape index (κ1) is 26.1. The number of aromatic nitrogens is 1. The molecule has 0 saturated carbocycles. The van der Waals surface area contributed by atoms with Crippen LogP contribution in [0.4, 0.5) is 11.4 Å². The molecule has 1 heterocycles. The van der Waals surface area contributed by atoms with E-state index in [0.717, 1.165) is 39.6 Å². The Kier molecular flexibility index (Phi) is 7.43. The lowest BCUT2D eigenvalue weighted by Crippen LogP contribution is -2.21. The van der Waals surface area contributed by atoms with E-state index in [1.165, 1.54) is 5.56 Å². The van der Waals surface area contributed by atoms with Crippen molar-refractivity contribution in [3.63, 3.8) is 0 Å². The smallest absolute Gasteiger partial charge is 0.256 e. The van der Waals surface area contributed by atoms with Crippen molar-refractivity contribution in [3.05, 3.63) is 107 Å². The molecule has 7 heteroatoms. The maximum atomic E-state index is 13.4. The van der Waals surface area contributed by atoms with Crippen LogP contribution in [0.25, 0.3) is 20.8 Å². The van der Waals surface area contributed by atoms with Crippen molar-refractivity contribution in [2.45, 2.75) is 20.8 Å². The number of aromatic hydroxyl groups is 1. The highest BCUT2D eigenvalue weighted by Crippen LogP contribution is 2.32. The number of thiazole rings is 1. The molecule has 0 saturated heterocycles. The molecule has 0 bridgehead atoms. The number of phenolic OH excluding ortho intramolecular Hbond substituents is 1. The average molecular weight is 536 g/mol. The number of nitrogens with zero attached hydrogens (tertiary/aromatic N) is 2. The second-order valence-electron chi connectivity index (χ2n) is 9.27. The first-order chi connectivity index (χ1) is 18.9. The Morgan fingerprint density at radius 3 is 2.28 bits per heavy atom. The van der Waals surface area contributed by atoms with Gasteiger partial charge in [-0.1, -0.05) is 24.3 Å². The van der Waals surface area contributed by atoms with E-state index in [1.807, 2.05) is 50.2 Å². The lowest BCUT2D eigenvalue weighted by atomic mass is 9.97. The number of nitrogens with one attached hydrogen (secondary N) is 1. The maximum Gasteiger partial charge on any atom is 0.256 e. The molecule has 1 amide bonds. The normalized spacial score (nSPS) is 10.9. The quantitative estimate of drug-likeness (QED) is 0.204. The van der Waals surface area contributed by atoms with Crippen molar-refractivity contribution in [1.29, 1.82) is 0 Å². The van der Waals surface area contributed by atoms with Gasteiger partial charge in [0.15, 0.2) is 5.78 Å². The van der Waals surface area contributed by atoms with Crippen molar-refractivity contribution in [1.82, 2.24) is 4.98 Å². The number of rotatable bonds is 8. The summed E-state index contributed by atoms with van der Waals surface area (Å²) >= 11 is 1.63. The van der Waals surface area contributed by atoms with E-state index in [9.17, 15) is 14.7 Å². The van der Waals surface area contributed by atoms with Crippen LogP contribution in [0.1, 0.15) is 45.7 Å². The Hall–Kier alpha value is -4.49. The lowest BCUT2D eigenvalue weighted by Gasteiger charge is -2.21. The van der Waals surface area contributed by atoms with E-state index >= 15 is 0 Å². The monoisotopic (exact) mass is 535 g/mol. The van der Waals surface area contributed by atoms with Gasteiger partial charge in [-0.05, 0) is 80.9 Å². The molecule has 0 aliphatic rings. The van der Waals surface area contributed by atoms with Gasteiger partial charge in [-0.3, -0.25) is 9.59 Å². The number of benzene rings is 4. The van der Waals surface area contributed by atoms with Crippen LogP contribution >= 0.6 is 11.3 Å². The predicted octanol–water partition coefficient (Wildman–Crippen LogP) is 7.31. The maximum absolute atomic E-state index is 13.4. The van der Waals surface area contributed by atoms with Gasteiger partial charge in [0.05, 0.1) is 21.3 Å². The topological polar surface area (TPSA) is 82.5 Å². The summed E-state index contributed by atoms with van der Waals surface area (Å²) in [5, 5.41) is 14.5. The van der Waals surface area contributed by atoms with Gasteiger partial charge in [-0.15, -0.1) is 11.3 Å². The van der Waals surface area contributed by atoms with Crippen molar-refractivity contribution in [2.24, 2.45) is 0 Å². The zero-order valence-corrected chi connectivity index (χ0v) is 22.9. The first-order valence-corrected chi connectivity index (χ1v) is 13.7. The van der Waals surface area contributed by atoms with Crippen LogP contribution in [0, 0.1) is 6.92 Å². The third-order valence-electron chi connectivity index (χ3n) is 6.70. The Morgan fingerprint density at radius 2 is 1.59 bits per heavy atom. The molecule has 0 unspecified atom stereocenters. The minimum atomic E-state index is -0.411. The van der Waals surface area contributed by atoms with Crippen LogP contribution in [0.3, 0.4) is 0 Å². The Morgan fingerprint density at radius 1 is 0.872 bits per heavy atom. The fourth-order valence-corrected chi connectivity index (χ4v) is 5.64. The summed E-state index contributed by atoms with van der Waals surface area (Å²) in [5.74, 6) is -0.924. The third-order valence-corrected chi connectivity index (χ3v) is 7.77. The third kappa shape index (κ3) is 5.40. The minimum Gasteiger partial charge on any atom is -0.507 e. The molecule has 0 radical (unpaired) electrons. The van der Waals surface area contributed by atoms with E-state index in [0.29, 0.717) is 5.69 Å². The second kappa shape index (κ2) is 11.1. The van der Waals surface area contributed by atoms with E-state index in [-0.39, 0.29) is 22.4 Å². The number of aryl methyl sites for hydroxylation is 1. The summed E-state index contributed by atoms with van der Waals surface area (Å²) < 4.78 is 1.14. The van der Waals surface area contributed by atoms with Crippen LogP contribution < -0.4 is 10.2 Å². The number of hydrogen-bond acceptors (Lipinski definition) is 6. The van der Waals surface area contributed by atoms with Gasteiger partial charge in [-0.2, -0.15) is 0 Å². The van der Waals surface area contributed by atoms with E-state index in [4.69, 9.17) is 4.98 Å². The summed E-state index contributed by atoms with van der Waals surface area (Å²) in [6, 6.07) is 25.4. The zero-order chi connectivity index (χ0) is 27.5. The van der Waals surface area contributed by atoms with Crippen LogP contribution in [-0.2, 0) is 0 Å². The molecular formula is C32H29N3O3S. The highest BCUT2D eigenvalue weighted by molar-refractivity contribution is 7.21. The summed E-state index contributed by atoms with van der Waals surface area (Å²) in [6.45, 7) is 7.70. The number of carbonyl (C=O) groups excluding carboxylic acids is 2. The second-order valence-corrected chi connectivity index (χ2v) is 10.3. The van der Waals surface area contributed by atoms with Gasteiger partial charge in [0, 0.05) is 41.7 Å². The molecule has 0 atom stereocenters. The highest BCUT2D eigenvalue weighted by atomic mass is 32.1. The van der Waals surface area contributed by atoms with E-state index in [2.05, 4.69) is 29.3 Å². The molecule has 1 aromatic heterocycles. The number of ketones is 1. The molecule has 0 aliphatic carbocycles.